The molecule has 0 bridgehead atoms. The van der Waals surface area contributed by atoms with E-state index in [4.69, 9.17) is 0 Å². The molecule has 2 rings (SSSR count). The summed E-state index contributed by atoms with van der Waals surface area (Å²) in [5, 5.41) is 3.75. The lowest BCUT2D eigenvalue weighted by atomic mass is 10.1. The molecule has 0 aliphatic rings. The molecule has 62 valence electrons. The highest BCUT2D eigenvalue weighted by atomic mass is 32.1. The summed E-state index contributed by atoms with van der Waals surface area (Å²) in [4.78, 5) is 0. The monoisotopic (exact) mass is 176 g/mol. The highest BCUT2D eigenvalue weighted by Crippen LogP contribution is 2.28. The molecule has 1 aromatic heterocycles. The Morgan fingerprint density at radius 1 is 1.33 bits per heavy atom. The summed E-state index contributed by atoms with van der Waals surface area (Å²) in [6.45, 7) is 4.40. The molecule has 0 spiro atoms. The van der Waals surface area contributed by atoms with E-state index in [9.17, 15) is 0 Å². The Morgan fingerprint density at radius 2 is 2.17 bits per heavy atom. The van der Waals surface area contributed by atoms with Gasteiger partial charge >= 0.3 is 0 Å². The minimum atomic E-state index is 1.14. The van der Waals surface area contributed by atoms with Crippen molar-refractivity contribution in [3.8, 4) is 0 Å². The fraction of sp³-hybridized carbons (Fsp3) is 0.273. The summed E-state index contributed by atoms with van der Waals surface area (Å²) in [5.74, 6) is 0. The summed E-state index contributed by atoms with van der Waals surface area (Å²) >= 11 is 1.85. The van der Waals surface area contributed by atoms with Gasteiger partial charge in [-0.05, 0) is 41.3 Å². The minimum absolute atomic E-state index is 1.14. The molecule has 0 unspecified atom stereocenters. The smallest absolute Gasteiger partial charge is 0.0348 e. The molecular formula is C11H12S. The Hall–Kier alpha value is -0.820. The molecule has 0 atom stereocenters. The molecule has 1 heteroatoms. The van der Waals surface area contributed by atoms with Crippen molar-refractivity contribution in [3.05, 3.63) is 34.7 Å². The molecule has 0 amide bonds. The van der Waals surface area contributed by atoms with Crippen LogP contribution in [0.15, 0.2) is 23.6 Å². The second kappa shape index (κ2) is 2.91. The molecule has 0 saturated heterocycles. The SMILES string of the molecule is CCc1csc2cccc(C)c12. The Balaban J connectivity index is 2.83. The van der Waals surface area contributed by atoms with E-state index in [0.717, 1.165) is 6.42 Å². The third kappa shape index (κ3) is 1.05. The van der Waals surface area contributed by atoms with Crippen molar-refractivity contribution in [2.45, 2.75) is 20.3 Å². The van der Waals surface area contributed by atoms with Crippen LogP contribution >= 0.6 is 11.3 Å². The van der Waals surface area contributed by atoms with Gasteiger partial charge in [0, 0.05) is 4.70 Å². The first kappa shape index (κ1) is 7.81. The number of hydrogen-bond acceptors (Lipinski definition) is 1. The van der Waals surface area contributed by atoms with Gasteiger partial charge in [0.05, 0.1) is 0 Å². The van der Waals surface area contributed by atoms with Crippen LogP contribution < -0.4 is 0 Å². The third-order valence-corrected chi connectivity index (χ3v) is 3.26. The van der Waals surface area contributed by atoms with Gasteiger partial charge < -0.3 is 0 Å². The Morgan fingerprint density at radius 3 is 2.92 bits per heavy atom. The Kier molecular flexibility index (Phi) is 1.89. The highest BCUT2D eigenvalue weighted by molar-refractivity contribution is 7.17. The van der Waals surface area contributed by atoms with Crippen LogP contribution in [0.2, 0.25) is 0 Å². The van der Waals surface area contributed by atoms with Crippen LogP contribution in [0.3, 0.4) is 0 Å². The maximum atomic E-state index is 2.28. The van der Waals surface area contributed by atoms with E-state index in [1.54, 1.807) is 0 Å². The molecule has 0 aliphatic heterocycles. The summed E-state index contributed by atoms with van der Waals surface area (Å²) in [6.07, 6.45) is 1.14. The summed E-state index contributed by atoms with van der Waals surface area (Å²) in [5.41, 5.74) is 2.90. The fourth-order valence-electron chi connectivity index (χ4n) is 1.60. The normalized spacial score (nSPS) is 10.8. The van der Waals surface area contributed by atoms with Gasteiger partial charge in [-0.2, -0.15) is 0 Å². The number of aryl methyl sites for hydroxylation is 2. The molecule has 0 radical (unpaired) electrons. The molecule has 12 heavy (non-hydrogen) atoms. The van der Waals surface area contributed by atoms with Gasteiger partial charge in [-0.1, -0.05) is 19.1 Å². The van der Waals surface area contributed by atoms with Crippen molar-refractivity contribution in [1.82, 2.24) is 0 Å². The van der Waals surface area contributed by atoms with E-state index in [1.807, 2.05) is 11.3 Å². The number of benzene rings is 1. The predicted octanol–water partition coefficient (Wildman–Crippen LogP) is 3.77. The molecule has 1 heterocycles. The number of hydrogen-bond donors (Lipinski definition) is 0. The van der Waals surface area contributed by atoms with Crippen LogP contribution in [0.25, 0.3) is 10.1 Å². The van der Waals surface area contributed by atoms with Gasteiger partial charge in [0.15, 0.2) is 0 Å². The van der Waals surface area contributed by atoms with E-state index < -0.39 is 0 Å². The lowest BCUT2D eigenvalue weighted by Gasteiger charge is -1.97. The van der Waals surface area contributed by atoms with Gasteiger partial charge in [-0.3, -0.25) is 0 Å². The zero-order chi connectivity index (χ0) is 8.55. The zero-order valence-electron chi connectivity index (χ0n) is 7.42. The average Bonchev–Trinajstić information content (AvgIpc) is 2.49. The lowest BCUT2D eigenvalue weighted by Crippen LogP contribution is -1.78. The molecule has 0 N–H and O–H groups in total. The van der Waals surface area contributed by atoms with E-state index in [1.165, 1.54) is 21.2 Å². The van der Waals surface area contributed by atoms with Crippen LogP contribution in [0.1, 0.15) is 18.1 Å². The predicted molar refractivity (Wildman–Crippen MR) is 55.9 cm³/mol. The van der Waals surface area contributed by atoms with E-state index in [-0.39, 0.29) is 0 Å². The van der Waals surface area contributed by atoms with Crippen molar-refractivity contribution >= 4 is 21.4 Å². The molecule has 1 aromatic carbocycles. The number of thiophene rings is 1. The highest BCUT2D eigenvalue weighted by Gasteiger charge is 2.03. The maximum absolute atomic E-state index is 2.28. The molecule has 0 aliphatic carbocycles. The van der Waals surface area contributed by atoms with Crippen LogP contribution in [0, 0.1) is 6.92 Å². The van der Waals surface area contributed by atoms with Crippen LogP contribution in [0.4, 0.5) is 0 Å². The maximum Gasteiger partial charge on any atom is 0.0348 e. The first-order valence-corrected chi connectivity index (χ1v) is 5.16. The molecule has 0 fully saturated rings. The second-order valence-electron chi connectivity index (χ2n) is 3.06. The van der Waals surface area contributed by atoms with Gasteiger partial charge in [0.2, 0.25) is 0 Å². The van der Waals surface area contributed by atoms with Crippen LogP contribution in [-0.2, 0) is 6.42 Å². The fourth-order valence-corrected chi connectivity index (χ4v) is 2.73. The lowest BCUT2D eigenvalue weighted by molar-refractivity contribution is 1.17. The summed E-state index contributed by atoms with van der Waals surface area (Å²) in [6, 6.07) is 6.52. The van der Waals surface area contributed by atoms with Crippen molar-refractivity contribution in [2.24, 2.45) is 0 Å². The van der Waals surface area contributed by atoms with Gasteiger partial charge in [-0.15, -0.1) is 11.3 Å². The first-order valence-electron chi connectivity index (χ1n) is 4.28. The van der Waals surface area contributed by atoms with E-state index in [2.05, 4.69) is 37.4 Å². The van der Waals surface area contributed by atoms with E-state index >= 15 is 0 Å². The van der Waals surface area contributed by atoms with Crippen LogP contribution in [0.5, 0.6) is 0 Å². The van der Waals surface area contributed by atoms with Crippen LogP contribution in [-0.4, -0.2) is 0 Å². The quantitative estimate of drug-likeness (QED) is 0.620. The number of rotatable bonds is 1. The molecular weight excluding hydrogens is 164 g/mol. The molecule has 2 aromatic rings. The van der Waals surface area contributed by atoms with Gasteiger partial charge in [-0.25, -0.2) is 0 Å². The van der Waals surface area contributed by atoms with Crippen molar-refractivity contribution in [3.63, 3.8) is 0 Å². The first-order chi connectivity index (χ1) is 5.83. The van der Waals surface area contributed by atoms with Gasteiger partial charge in [0.1, 0.15) is 0 Å². The summed E-state index contributed by atoms with van der Waals surface area (Å²) < 4.78 is 1.42. The third-order valence-electron chi connectivity index (χ3n) is 2.26. The van der Waals surface area contributed by atoms with Crippen molar-refractivity contribution in [2.75, 3.05) is 0 Å². The standard InChI is InChI=1S/C11H12S/c1-3-9-7-12-10-6-4-5-8(2)11(9)10/h4-7H,3H2,1-2H3. The van der Waals surface area contributed by atoms with Crippen molar-refractivity contribution < 1.29 is 0 Å². The number of fused-ring (bicyclic) bond motifs is 1. The topological polar surface area (TPSA) is 0 Å². The van der Waals surface area contributed by atoms with E-state index in [0.29, 0.717) is 0 Å². The second-order valence-corrected chi connectivity index (χ2v) is 3.97. The molecule has 0 saturated carbocycles. The van der Waals surface area contributed by atoms with Gasteiger partial charge in [0.25, 0.3) is 0 Å². The Labute approximate surface area is 76.8 Å². The largest absolute Gasteiger partial charge is 0.144 e. The minimum Gasteiger partial charge on any atom is -0.144 e. The zero-order valence-corrected chi connectivity index (χ0v) is 8.24. The Bertz CT molecular complexity index is 398. The molecule has 0 nitrogen and oxygen atoms in total. The average molecular weight is 176 g/mol. The summed E-state index contributed by atoms with van der Waals surface area (Å²) in [7, 11) is 0. The van der Waals surface area contributed by atoms with Crippen molar-refractivity contribution in [1.29, 1.82) is 0 Å².